The summed E-state index contributed by atoms with van der Waals surface area (Å²) in [5.41, 5.74) is 5.35. The third-order valence-electron chi connectivity index (χ3n) is 3.54. The number of carbonyl (C=O) groups excluding carboxylic acids is 1. The molecular formula is C13H14BrFN2OS. The lowest BCUT2D eigenvalue weighted by Gasteiger charge is -2.26. The van der Waals surface area contributed by atoms with Crippen LogP contribution in [0.25, 0.3) is 0 Å². The van der Waals surface area contributed by atoms with Crippen LogP contribution < -0.4 is 11.1 Å². The van der Waals surface area contributed by atoms with Crippen LogP contribution in [-0.4, -0.2) is 10.9 Å². The summed E-state index contributed by atoms with van der Waals surface area (Å²) in [6.45, 7) is 0. The van der Waals surface area contributed by atoms with Crippen LogP contribution >= 0.6 is 28.1 Å². The van der Waals surface area contributed by atoms with Crippen molar-refractivity contribution >= 4 is 44.7 Å². The van der Waals surface area contributed by atoms with Gasteiger partial charge in [-0.25, -0.2) is 4.39 Å². The SMILES string of the molecule is NC(=S)C1(C(=O)Nc2cc(F)ccc2Br)CCCC1. The Balaban J connectivity index is 2.25. The number of hydrogen-bond acceptors (Lipinski definition) is 2. The van der Waals surface area contributed by atoms with E-state index in [4.69, 9.17) is 18.0 Å². The first-order valence-electron chi connectivity index (χ1n) is 6.02. The number of hydrogen-bond donors (Lipinski definition) is 2. The Kier molecular flexibility index (Phi) is 4.20. The smallest absolute Gasteiger partial charge is 0.237 e. The number of carbonyl (C=O) groups is 1. The fraction of sp³-hybridized carbons (Fsp3) is 0.385. The van der Waals surface area contributed by atoms with Gasteiger partial charge in [-0.1, -0.05) is 25.1 Å². The normalized spacial score (nSPS) is 17.2. The Hall–Kier alpha value is -1.01. The predicted octanol–water partition coefficient (Wildman–Crippen LogP) is 3.37. The number of nitrogens with one attached hydrogen (secondary N) is 1. The van der Waals surface area contributed by atoms with Gasteiger partial charge in [-0.2, -0.15) is 0 Å². The van der Waals surface area contributed by atoms with Crippen LogP contribution in [0.2, 0.25) is 0 Å². The predicted molar refractivity (Wildman–Crippen MR) is 80.4 cm³/mol. The van der Waals surface area contributed by atoms with E-state index in [-0.39, 0.29) is 10.9 Å². The van der Waals surface area contributed by atoms with Crippen LogP contribution in [0.5, 0.6) is 0 Å². The van der Waals surface area contributed by atoms with Crippen LogP contribution in [0.15, 0.2) is 22.7 Å². The third kappa shape index (κ3) is 2.79. The minimum atomic E-state index is -0.791. The molecule has 0 atom stereocenters. The Labute approximate surface area is 124 Å². The number of anilines is 1. The van der Waals surface area contributed by atoms with Crippen molar-refractivity contribution in [2.75, 3.05) is 5.32 Å². The minimum Gasteiger partial charge on any atom is -0.392 e. The summed E-state index contributed by atoms with van der Waals surface area (Å²) in [5, 5.41) is 2.72. The fourth-order valence-corrected chi connectivity index (χ4v) is 3.04. The second-order valence-electron chi connectivity index (χ2n) is 4.73. The monoisotopic (exact) mass is 344 g/mol. The maximum Gasteiger partial charge on any atom is 0.237 e. The summed E-state index contributed by atoms with van der Waals surface area (Å²) >= 11 is 8.33. The van der Waals surface area contributed by atoms with Gasteiger partial charge in [0.15, 0.2) is 0 Å². The maximum atomic E-state index is 13.2. The molecule has 3 nitrogen and oxygen atoms in total. The molecule has 0 saturated heterocycles. The van der Waals surface area contributed by atoms with Gasteiger partial charge in [-0.05, 0) is 47.0 Å². The van der Waals surface area contributed by atoms with Crippen LogP contribution in [0.3, 0.4) is 0 Å². The molecular weight excluding hydrogens is 331 g/mol. The highest BCUT2D eigenvalue weighted by atomic mass is 79.9. The molecule has 0 unspecified atom stereocenters. The van der Waals surface area contributed by atoms with Gasteiger partial charge in [-0.15, -0.1) is 0 Å². The minimum absolute atomic E-state index is 0.218. The Morgan fingerprint density at radius 2 is 2.05 bits per heavy atom. The van der Waals surface area contributed by atoms with E-state index in [9.17, 15) is 9.18 Å². The maximum absolute atomic E-state index is 13.2. The number of amides is 1. The zero-order chi connectivity index (χ0) is 14.0. The zero-order valence-electron chi connectivity index (χ0n) is 10.2. The molecule has 1 aromatic carbocycles. The Bertz CT molecular complexity index is 529. The van der Waals surface area contributed by atoms with E-state index in [1.165, 1.54) is 12.1 Å². The summed E-state index contributed by atoms with van der Waals surface area (Å²) in [6, 6.07) is 4.13. The van der Waals surface area contributed by atoms with Crippen molar-refractivity contribution in [3.05, 3.63) is 28.5 Å². The molecule has 1 aliphatic rings. The summed E-state index contributed by atoms with van der Waals surface area (Å²) < 4.78 is 13.8. The average Bonchev–Trinajstić information content (AvgIpc) is 2.84. The molecule has 3 N–H and O–H groups in total. The van der Waals surface area contributed by atoms with E-state index < -0.39 is 11.2 Å². The molecule has 0 spiro atoms. The molecule has 1 saturated carbocycles. The lowest BCUT2D eigenvalue weighted by Crippen LogP contribution is -2.44. The molecule has 2 rings (SSSR count). The number of benzene rings is 1. The molecule has 6 heteroatoms. The van der Waals surface area contributed by atoms with Crippen LogP contribution in [0.1, 0.15) is 25.7 Å². The molecule has 19 heavy (non-hydrogen) atoms. The number of rotatable bonds is 3. The first-order chi connectivity index (χ1) is 8.95. The zero-order valence-corrected chi connectivity index (χ0v) is 12.6. The average molecular weight is 345 g/mol. The quantitative estimate of drug-likeness (QED) is 0.826. The molecule has 0 radical (unpaired) electrons. The Morgan fingerprint density at radius 3 is 2.63 bits per heavy atom. The van der Waals surface area contributed by atoms with Gasteiger partial charge in [0.25, 0.3) is 0 Å². The molecule has 0 heterocycles. The topological polar surface area (TPSA) is 55.1 Å². The van der Waals surface area contributed by atoms with Gasteiger partial charge in [0.05, 0.1) is 16.1 Å². The van der Waals surface area contributed by atoms with Crippen molar-refractivity contribution in [1.29, 1.82) is 0 Å². The van der Waals surface area contributed by atoms with E-state index in [1.807, 2.05) is 0 Å². The molecule has 0 bridgehead atoms. The lowest BCUT2D eigenvalue weighted by atomic mass is 9.85. The highest BCUT2D eigenvalue weighted by molar-refractivity contribution is 9.10. The van der Waals surface area contributed by atoms with E-state index in [1.54, 1.807) is 6.07 Å². The van der Waals surface area contributed by atoms with Gasteiger partial charge >= 0.3 is 0 Å². The third-order valence-corrected chi connectivity index (χ3v) is 4.62. The molecule has 1 aliphatic carbocycles. The van der Waals surface area contributed by atoms with Gasteiger partial charge in [0.1, 0.15) is 5.82 Å². The molecule has 1 aromatic rings. The molecule has 0 aliphatic heterocycles. The largest absolute Gasteiger partial charge is 0.392 e. The van der Waals surface area contributed by atoms with Crippen molar-refractivity contribution in [2.45, 2.75) is 25.7 Å². The summed E-state index contributed by atoms with van der Waals surface area (Å²) in [6.07, 6.45) is 3.16. The van der Waals surface area contributed by atoms with Crippen molar-refractivity contribution in [3.63, 3.8) is 0 Å². The summed E-state index contributed by atoms with van der Waals surface area (Å²) in [7, 11) is 0. The highest BCUT2D eigenvalue weighted by Crippen LogP contribution is 2.40. The first-order valence-corrected chi connectivity index (χ1v) is 7.22. The number of thiocarbonyl (C=S) groups is 1. The van der Waals surface area contributed by atoms with Gasteiger partial charge in [0.2, 0.25) is 5.91 Å². The van der Waals surface area contributed by atoms with E-state index in [2.05, 4.69) is 21.2 Å². The molecule has 1 fully saturated rings. The number of halogens is 2. The van der Waals surface area contributed by atoms with Gasteiger partial charge in [0, 0.05) is 4.47 Å². The van der Waals surface area contributed by atoms with Gasteiger partial charge < -0.3 is 11.1 Å². The van der Waals surface area contributed by atoms with Crippen molar-refractivity contribution in [1.82, 2.24) is 0 Å². The second-order valence-corrected chi connectivity index (χ2v) is 6.03. The van der Waals surface area contributed by atoms with Crippen LogP contribution in [0, 0.1) is 11.2 Å². The van der Waals surface area contributed by atoms with Crippen molar-refractivity contribution in [2.24, 2.45) is 11.1 Å². The molecule has 1 amide bonds. The summed E-state index contributed by atoms with van der Waals surface area (Å²) in [4.78, 5) is 12.6. The molecule has 0 aromatic heterocycles. The van der Waals surface area contributed by atoms with Gasteiger partial charge in [-0.3, -0.25) is 4.79 Å². The Morgan fingerprint density at radius 1 is 1.42 bits per heavy atom. The molecule has 102 valence electrons. The lowest BCUT2D eigenvalue weighted by molar-refractivity contribution is -0.122. The second kappa shape index (κ2) is 5.54. The fourth-order valence-electron chi connectivity index (χ4n) is 2.40. The summed E-state index contributed by atoms with van der Waals surface area (Å²) in [5.74, 6) is -0.655. The van der Waals surface area contributed by atoms with Crippen molar-refractivity contribution in [3.8, 4) is 0 Å². The van der Waals surface area contributed by atoms with E-state index >= 15 is 0 Å². The van der Waals surface area contributed by atoms with E-state index in [0.717, 1.165) is 12.8 Å². The first kappa shape index (κ1) is 14.4. The standard InChI is InChI=1S/C13H14BrFN2OS/c14-9-4-3-8(15)7-10(9)17-12(18)13(11(16)19)5-1-2-6-13/h3-4,7H,1-2,5-6H2,(H2,16,19)(H,17,18). The van der Waals surface area contributed by atoms with Crippen LogP contribution in [-0.2, 0) is 4.79 Å². The van der Waals surface area contributed by atoms with Crippen molar-refractivity contribution < 1.29 is 9.18 Å². The number of nitrogens with two attached hydrogens (primary N) is 1. The highest BCUT2D eigenvalue weighted by Gasteiger charge is 2.44. The van der Waals surface area contributed by atoms with Crippen LogP contribution in [0.4, 0.5) is 10.1 Å². The van der Waals surface area contributed by atoms with E-state index in [0.29, 0.717) is 23.0 Å².